The van der Waals surface area contributed by atoms with Gasteiger partial charge in [0.25, 0.3) is 5.91 Å². The first-order valence-electron chi connectivity index (χ1n) is 8.32. The molecule has 3 rings (SSSR count). The Balaban J connectivity index is 1.78. The Labute approximate surface area is 152 Å². The van der Waals surface area contributed by atoms with Crippen molar-refractivity contribution in [2.24, 2.45) is 0 Å². The summed E-state index contributed by atoms with van der Waals surface area (Å²) in [6.45, 7) is 0.988. The minimum Gasteiger partial charge on any atom is -0.348 e. The highest BCUT2D eigenvalue weighted by Crippen LogP contribution is 2.16. The molecule has 0 radical (unpaired) electrons. The Bertz CT molecular complexity index is 904. The van der Waals surface area contributed by atoms with E-state index in [9.17, 15) is 9.18 Å². The maximum Gasteiger partial charge on any atom is 0.253 e. The molecule has 5 nitrogen and oxygen atoms in total. The van der Waals surface area contributed by atoms with Crippen LogP contribution in [0.4, 0.5) is 4.39 Å². The SMILES string of the molecule is CN(C)Cc1cn(-c2ccccc2C(=O)NCc2cccc(F)c2)cn1. The van der Waals surface area contributed by atoms with Gasteiger partial charge in [-0.25, -0.2) is 9.37 Å². The lowest BCUT2D eigenvalue weighted by molar-refractivity contribution is 0.0951. The lowest BCUT2D eigenvalue weighted by Crippen LogP contribution is -2.24. The molecule has 1 heterocycles. The fourth-order valence-electron chi connectivity index (χ4n) is 2.72. The standard InChI is InChI=1S/C20H21FN4O/c1-24(2)12-17-13-25(14-23-17)19-9-4-3-8-18(19)20(26)22-11-15-6-5-7-16(21)10-15/h3-10,13-14H,11-12H2,1-2H3,(H,22,26). The summed E-state index contributed by atoms with van der Waals surface area (Å²) < 4.78 is 15.1. The zero-order valence-electron chi connectivity index (χ0n) is 14.8. The molecule has 0 aliphatic rings. The monoisotopic (exact) mass is 352 g/mol. The highest BCUT2D eigenvalue weighted by Gasteiger charge is 2.13. The second kappa shape index (κ2) is 7.93. The van der Waals surface area contributed by atoms with E-state index < -0.39 is 0 Å². The van der Waals surface area contributed by atoms with Crippen molar-refractivity contribution < 1.29 is 9.18 Å². The van der Waals surface area contributed by atoms with Crippen LogP contribution in [-0.4, -0.2) is 34.5 Å². The summed E-state index contributed by atoms with van der Waals surface area (Å²) in [6.07, 6.45) is 3.62. The summed E-state index contributed by atoms with van der Waals surface area (Å²) in [4.78, 5) is 19.1. The molecule has 0 spiro atoms. The van der Waals surface area contributed by atoms with Gasteiger partial charge >= 0.3 is 0 Å². The maximum atomic E-state index is 13.3. The Hall–Kier alpha value is -2.99. The number of imidazole rings is 1. The summed E-state index contributed by atoms with van der Waals surface area (Å²) in [5.41, 5.74) is 2.93. The molecular formula is C20H21FN4O. The second-order valence-corrected chi connectivity index (χ2v) is 6.34. The summed E-state index contributed by atoms with van der Waals surface area (Å²) in [5.74, 6) is -0.531. The Morgan fingerprint density at radius 1 is 1.19 bits per heavy atom. The van der Waals surface area contributed by atoms with Gasteiger partial charge in [0, 0.05) is 19.3 Å². The van der Waals surface area contributed by atoms with E-state index in [0.29, 0.717) is 11.1 Å². The average molecular weight is 352 g/mol. The number of nitrogens with zero attached hydrogens (tertiary/aromatic N) is 3. The average Bonchev–Trinajstić information content (AvgIpc) is 3.07. The molecule has 0 unspecified atom stereocenters. The van der Waals surface area contributed by atoms with Gasteiger partial charge in [0.15, 0.2) is 0 Å². The number of para-hydroxylation sites is 1. The maximum absolute atomic E-state index is 13.3. The summed E-state index contributed by atoms with van der Waals surface area (Å²) in [7, 11) is 3.96. The van der Waals surface area contributed by atoms with E-state index in [4.69, 9.17) is 0 Å². The van der Waals surface area contributed by atoms with Gasteiger partial charge in [-0.2, -0.15) is 0 Å². The zero-order valence-corrected chi connectivity index (χ0v) is 14.8. The number of hydrogen-bond donors (Lipinski definition) is 1. The molecule has 0 aliphatic carbocycles. The number of rotatable bonds is 6. The van der Waals surface area contributed by atoms with E-state index in [0.717, 1.165) is 17.9 Å². The molecule has 1 amide bonds. The third-order valence-electron chi connectivity index (χ3n) is 3.88. The number of benzene rings is 2. The molecule has 0 aliphatic heterocycles. The van der Waals surface area contributed by atoms with Crippen molar-refractivity contribution in [1.29, 1.82) is 0 Å². The Morgan fingerprint density at radius 3 is 2.77 bits per heavy atom. The van der Waals surface area contributed by atoms with Crippen LogP contribution >= 0.6 is 0 Å². The fraction of sp³-hybridized carbons (Fsp3) is 0.200. The van der Waals surface area contributed by atoms with Crippen LogP contribution in [0.15, 0.2) is 61.1 Å². The lowest BCUT2D eigenvalue weighted by Gasteiger charge is -2.11. The molecule has 0 fully saturated rings. The number of aromatic nitrogens is 2. The number of hydrogen-bond acceptors (Lipinski definition) is 3. The van der Waals surface area contributed by atoms with Gasteiger partial charge in [0.2, 0.25) is 0 Å². The van der Waals surface area contributed by atoms with Crippen molar-refractivity contribution in [3.8, 4) is 5.69 Å². The van der Waals surface area contributed by atoms with Crippen molar-refractivity contribution in [3.05, 3.63) is 83.7 Å². The van der Waals surface area contributed by atoms with Gasteiger partial charge in [-0.15, -0.1) is 0 Å². The summed E-state index contributed by atoms with van der Waals surface area (Å²) >= 11 is 0. The smallest absolute Gasteiger partial charge is 0.253 e. The minimum atomic E-state index is -0.316. The molecule has 0 saturated carbocycles. The van der Waals surface area contributed by atoms with Gasteiger partial charge in [0.05, 0.1) is 23.3 Å². The van der Waals surface area contributed by atoms with Crippen LogP contribution in [0.25, 0.3) is 5.69 Å². The van der Waals surface area contributed by atoms with Gasteiger partial charge in [-0.1, -0.05) is 24.3 Å². The molecule has 0 bridgehead atoms. The van der Waals surface area contributed by atoms with Crippen molar-refractivity contribution in [3.63, 3.8) is 0 Å². The van der Waals surface area contributed by atoms with Crippen LogP contribution in [0.2, 0.25) is 0 Å². The number of carbonyl (C=O) groups is 1. The van der Waals surface area contributed by atoms with Crippen molar-refractivity contribution >= 4 is 5.91 Å². The van der Waals surface area contributed by atoms with E-state index >= 15 is 0 Å². The van der Waals surface area contributed by atoms with Gasteiger partial charge < -0.3 is 14.8 Å². The largest absolute Gasteiger partial charge is 0.348 e. The molecule has 6 heteroatoms. The van der Waals surface area contributed by atoms with Crippen molar-refractivity contribution in [1.82, 2.24) is 19.8 Å². The van der Waals surface area contributed by atoms with Crippen LogP contribution in [-0.2, 0) is 13.1 Å². The number of halogens is 1. The van der Waals surface area contributed by atoms with E-state index in [1.54, 1.807) is 24.5 Å². The normalized spacial score (nSPS) is 10.9. The van der Waals surface area contributed by atoms with Crippen molar-refractivity contribution in [2.75, 3.05) is 14.1 Å². The van der Waals surface area contributed by atoms with Crippen LogP contribution in [0.1, 0.15) is 21.6 Å². The van der Waals surface area contributed by atoms with Crippen LogP contribution in [0.5, 0.6) is 0 Å². The Morgan fingerprint density at radius 2 is 2.00 bits per heavy atom. The van der Waals surface area contributed by atoms with Gasteiger partial charge in [-0.3, -0.25) is 4.79 Å². The van der Waals surface area contributed by atoms with E-state index in [1.165, 1.54) is 12.1 Å². The lowest BCUT2D eigenvalue weighted by atomic mass is 10.1. The zero-order chi connectivity index (χ0) is 18.5. The highest BCUT2D eigenvalue weighted by atomic mass is 19.1. The van der Waals surface area contributed by atoms with E-state index in [-0.39, 0.29) is 18.3 Å². The van der Waals surface area contributed by atoms with Gasteiger partial charge in [-0.05, 0) is 43.9 Å². The molecule has 1 N–H and O–H groups in total. The quantitative estimate of drug-likeness (QED) is 0.742. The first kappa shape index (κ1) is 17.8. The molecule has 2 aromatic carbocycles. The first-order chi connectivity index (χ1) is 12.5. The molecule has 3 aromatic rings. The third-order valence-corrected chi connectivity index (χ3v) is 3.88. The predicted octanol–water partition coefficient (Wildman–Crippen LogP) is 3.00. The van der Waals surface area contributed by atoms with Gasteiger partial charge in [0.1, 0.15) is 5.82 Å². The Kier molecular flexibility index (Phi) is 5.43. The highest BCUT2D eigenvalue weighted by molar-refractivity contribution is 5.97. The third kappa shape index (κ3) is 4.34. The summed E-state index contributed by atoms with van der Waals surface area (Å²) in [6, 6.07) is 13.5. The van der Waals surface area contributed by atoms with Crippen molar-refractivity contribution in [2.45, 2.75) is 13.1 Å². The second-order valence-electron chi connectivity index (χ2n) is 6.34. The topological polar surface area (TPSA) is 50.2 Å². The van der Waals surface area contributed by atoms with Crippen LogP contribution < -0.4 is 5.32 Å². The van der Waals surface area contributed by atoms with E-state index in [1.807, 2.05) is 48.0 Å². The molecule has 134 valence electrons. The molecule has 0 saturated heterocycles. The number of carbonyl (C=O) groups excluding carboxylic acids is 1. The van der Waals surface area contributed by atoms with Crippen LogP contribution in [0, 0.1) is 5.82 Å². The minimum absolute atomic E-state index is 0.215. The molecule has 1 aromatic heterocycles. The predicted molar refractivity (Wildman–Crippen MR) is 98.5 cm³/mol. The number of nitrogens with one attached hydrogen (secondary N) is 1. The van der Waals surface area contributed by atoms with E-state index in [2.05, 4.69) is 10.3 Å². The summed E-state index contributed by atoms with van der Waals surface area (Å²) in [5, 5.41) is 2.84. The molecule has 26 heavy (non-hydrogen) atoms. The fourth-order valence-corrected chi connectivity index (χ4v) is 2.72. The van der Waals surface area contributed by atoms with Crippen LogP contribution in [0.3, 0.4) is 0 Å². The molecule has 0 atom stereocenters. The molecular weight excluding hydrogens is 331 g/mol. The first-order valence-corrected chi connectivity index (χ1v) is 8.32. The number of amides is 1.